The van der Waals surface area contributed by atoms with Gasteiger partial charge in [-0.05, 0) is 33.4 Å². The first-order chi connectivity index (χ1) is 9.35. The Labute approximate surface area is 135 Å². The molecule has 1 heterocycles. The fraction of sp³-hybridized carbons (Fsp3) is 0.250. The third-order valence-corrected chi connectivity index (χ3v) is 5.77. The van der Waals surface area contributed by atoms with E-state index < -0.39 is 0 Å². The molecule has 0 unspecified atom stereocenters. The minimum Gasteiger partial charge on any atom is -0.152 e. The average Bonchev–Trinajstić information content (AvgIpc) is 2.65. The van der Waals surface area contributed by atoms with E-state index in [1.165, 1.54) is 33.4 Å². The highest BCUT2D eigenvalue weighted by molar-refractivity contribution is 9.09. The lowest BCUT2D eigenvalue weighted by Crippen LogP contribution is -1.98. The minimum atomic E-state index is 0.913. The molecule has 0 atom stereocenters. The zero-order chi connectivity index (χ0) is 13.2. The molecule has 0 saturated carbocycles. The van der Waals surface area contributed by atoms with Gasteiger partial charge in [0.05, 0.1) is 0 Å². The molecule has 0 aliphatic carbocycles. The van der Waals surface area contributed by atoms with Crippen molar-refractivity contribution in [1.29, 1.82) is 0 Å². The Morgan fingerprint density at radius 1 is 0.895 bits per heavy atom. The summed E-state index contributed by atoms with van der Waals surface area (Å²) in [5, 5.41) is 1.83. The number of halogens is 2. The molecule has 2 aromatic carbocycles. The van der Waals surface area contributed by atoms with Crippen molar-refractivity contribution in [2.75, 3.05) is 0 Å². The first-order valence-electron chi connectivity index (χ1n) is 6.26. The highest BCUT2D eigenvalue weighted by Crippen LogP contribution is 2.40. The van der Waals surface area contributed by atoms with Gasteiger partial charge in [0.25, 0.3) is 0 Å². The van der Waals surface area contributed by atoms with Crippen LogP contribution in [0.3, 0.4) is 0 Å². The van der Waals surface area contributed by atoms with Crippen molar-refractivity contribution in [3.63, 3.8) is 0 Å². The van der Waals surface area contributed by atoms with Crippen LogP contribution in [0.25, 0.3) is 11.1 Å². The molecule has 1 aliphatic heterocycles. The van der Waals surface area contributed by atoms with Gasteiger partial charge in [-0.3, -0.25) is 0 Å². The van der Waals surface area contributed by atoms with Crippen LogP contribution < -0.4 is 0 Å². The summed E-state index contributed by atoms with van der Waals surface area (Å²) in [4.78, 5) is 0. The zero-order valence-corrected chi connectivity index (χ0v) is 14.4. The number of benzene rings is 2. The lowest BCUT2D eigenvalue weighted by Gasteiger charge is -2.16. The van der Waals surface area contributed by atoms with Crippen LogP contribution in [0, 0.1) is 0 Å². The zero-order valence-electron chi connectivity index (χ0n) is 10.5. The van der Waals surface area contributed by atoms with Crippen molar-refractivity contribution in [3.8, 4) is 11.1 Å². The highest BCUT2D eigenvalue weighted by atomic mass is 79.9. The Bertz CT molecular complexity index is 608. The second-order valence-corrected chi connectivity index (χ2v) is 6.76. The van der Waals surface area contributed by atoms with Gasteiger partial charge in [-0.15, -0.1) is 0 Å². The monoisotopic (exact) mass is 396 g/mol. The smallest absolute Gasteiger partial charge is 0.0292 e. The summed E-state index contributed by atoms with van der Waals surface area (Å²) >= 11 is 9.30. The van der Waals surface area contributed by atoms with E-state index in [2.05, 4.69) is 68.3 Å². The molecule has 0 fully saturated rings. The fourth-order valence-corrected chi connectivity index (χ4v) is 4.83. The van der Waals surface area contributed by atoms with Crippen LogP contribution in [0.2, 0.25) is 0 Å². The van der Waals surface area contributed by atoms with E-state index in [-0.39, 0.29) is 0 Å². The van der Waals surface area contributed by atoms with Crippen LogP contribution in [0.15, 0.2) is 36.4 Å². The number of thioether (sulfide) groups is 1. The summed E-state index contributed by atoms with van der Waals surface area (Å²) in [7, 11) is 0. The van der Waals surface area contributed by atoms with E-state index >= 15 is 0 Å². The van der Waals surface area contributed by atoms with Crippen LogP contribution in [-0.4, -0.2) is 0 Å². The molecule has 19 heavy (non-hydrogen) atoms. The van der Waals surface area contributed by atoms with Crippen LogP contribution in [0.5, 0.6) is 0 Å². The summed E-state index contributed by atoms with van der Waals surface area (Å²) in [5.74, 6) is 2.21. The molecule has 0 spiro atoms. The van der Waals surface area contributed by atoms with E-state index in [0.717, 1.165) is 22.2 Å². The van der Waals surface area contributed by atoms with Crippen molar-refractivity contribution in [1.82, 2.24) is 0 Å². The SMILES string of the molecule is BrCc1ccc2c(c1CBr)-c1ccccc1CSC2. The van der Waals surface area contributed by atoms with Gasteiger partial charge in [-0.2, -0.15) is 11.8 Å². The standard InChI is InChI=1S/C16H14Br2S/c17-7-11-5-6-13-10-19-9-12-3-1-2-4-14(12)16(13)15(11)8-18/h1-6H,7-10H2. The lowest BCUT2D eigenvalue weighted by molar-refractivity contribution is 1.26. The molecule has 3 rings (SSSR count). The molecule has 0 nitrogen and oxygen atoms in total. The molecule has 0 amide bonds. The second kappa shape index (κ2) is 6.02. The Morgan fingerprint density at radius 2 is 1.68 bits per heavy atom. The molecule has 1 aliphatic rings. The maximum absolute atomic E-state index is 3.68. The Hall–Kier alpha value is -0.250. The normalized spacial score (nSPS) is 13.6. The summed E-state index contributed by atoms with van der Waals surface area (Å²) in [6.45, 7) is 0. The fourth-order valence-electron chi connectivity index (χ4n) is 2.63. The van der Waals surface area contributed by atoms with Gasteiger partial charge >= 0.3 is 0 Å². The third kappa shape index (κ3) is 2.53. The minimum absolute atomic E-state index is 0.913. The summed E-state index contributed by atoms with van der Waals surface area (Å²) in [6.07, 6.45) is 0. The van der Waals surface area contributed by atoms with Gasteiger partial charge in [0.15, 0.2) is 0 Å². The average molecular weight is 398 g/mol. The van der Waals surface area contributed by atoms with E-state index in [1.54, 1.807) is 0 Å². The predicted molar refractivity (Wildman–Crippen MR) is 92.1 cm³/mol. The highest BCUT2D eigenvalue weighted by Gasteiger charge is 2.19. The van der Waals surface area contributed by atoms with Gasteiger partial charge in [-0.25, -0.2) is 0 Å². The molecule has 2 aromatic rings. The molecule has 3 heteroatoms. The Balaban J connectivity index is 2.31. The summed E-state index contributed by atoms with van der Waals surface area (Å²) in [5.41, 5.74) is 8.62. The van der Waals surface area contributed by atoms with Crippen molar-refractivity contribution < 1.29 is 0 Å². The van der Waals surface area contributed by atoms with Crippen LogP contribution in [-0.2, 0) is 22.2 Å². The molecule has 0 radical (unpaired) electrons. The number of hydrogen-bond donors (Lipinski definition) is 0. The topological polar surface area (TPSA) is 0 Å². The largest absolute Gasteiger partial charge is 0.152 e. The lowest BCUT2D eigenvalue weighted by atomic mass is 9.90. The number of alkyl halides is 2. The van der Waals surface area contributed by atoms with Crippen LogP contribution >= 0.6 is 43.6 Å². The molecular weight excluding hydrogens is 384 g/mol. The summed E-state index contributed by atoms with van der Waals surface area (Å²) < 4.78 is 0. The molecule has 0 aromatic heterocycles. The van der Waals surface area contributed by atoms with Gasteiger partial charge in [-0.1, -0.05) is 68.3 Å². The second-order valence-electron chi connectivity index (χ2n) is 4.65. The predicted octanol–water partition coefficient (Wildman–Crippen LogP) is 5.89. The van der Waals surface area contributed by atoms with E-state index in [9.17, 15) is 0 Å². The van der Waals surface area contributed by atoms with Gasteiger partial charge in [0.1, 0.15) is 0 Å². The molecular formula is C16H14Br2S. The maximum atomic E-state index is 3.68. The van der Waals surface area contributed by atoms with Gasteiger partial charge < -0.3 is 0 Å². The quantitative estimate of drug-likeness (QED) is 0.569. The van der Waals surface area contributed by atoms with E-state index in [1.807, 2.05) is 11.8 Å². The van der Waals surface area contributed by atoms with Crippen LogP contribution in [0.4, 0.5) is 0 Å². The van der Waals surface area contributed by atoms with E-state index in [4.69, 9.17) is 0 Å². The Kier molecular flexibility index (Phi) is 4.35. The van der Waals surface area contributed by atoms with E-state index in [0.29, 0.717) is 0 Å². The van der Waals surface area contributed by atoms with Crippen molar-refractivity contribution >= 4 is 43.6 Å². The number of fused-ring (bicyclic) bond motifs is 3. The van der Waals surface area contributed by atoms with Crippen molar-refractivity contribution in [2.24, 2.45) is 0 Å². The number of hydrogen-bond acceptors (Lipinski definition) is 1. The van der Waals surface area contributed by atoms with Gasteiger partial charge in [0.2, 0.25) is 0 Å². The number of rotatable bonds is 2. The van der Waals surface area contributed by atoms with Crippen molar-refractivity contribution in [3.05, 3.63) is 58.7 Å². The molecule has 98 valence electrons. The van der Waals surface area contributed by atoms with Gasteiger partial charge in [0, 0.05) is 22.2 Å². The summed E-state index contributed by atoms with van der Waals surface area (Å²) in [6, 6.07) is 13.4. The third-order valence-electron chi connectivity index (χ3n) is 3.58. The molecule has 0 saturated heterocycles. The van der Waals surface area contributed by atoms with Crippen molar-refractivity contribution in [2.45, 2.75) is 22.2 Å². The first kappa shape index (κ1) is 13.7. The Morgan fingerprint density at radius 3 is 2.47 bits per heavy atom. The molecule has 0 bridgehead atoms. The maximum Gasteiger partial charge on any atom is 0.0292 e. The molecule has 0 N–H and O–H groups in total. The first-order valence-corrected chi connectivity index (χ1v) is 9.66. The van der Waals surface area contributed by atoms with Crippen LogP contribution in [0.1, 0.15) is 22.3 Å².